The van der Waals surface area contributed by atoms with Gasteiger partial charge in [-0.05, 0) is 25.0 Å². The lowest BCUT2D eigenvalue weighted by Crippen LogP contribution is -2.31. The van der Waals surface area contributed by atoms with Gasteiger partial charge in [0.1, 0.15) is 0 Å². The van der Waals surface area contributed by atoms with Crippen molar-refractivity contribution in [3.63, 3.8) is 0 Å². The van der Waals surface area contributed by atoms with Gasteiger partial charge in [0.25, 0.3) is 0 Å². The molecule has 3 rings (SSSR count). The van der Waals surface area contributed by atoms with Crippen molar-refractivity contribution in [2.24, 2.45) is 11.7 Å². The number of amides is 2. The van der Waals surface area contributed by atoms with Gasteiger partial charge in [-0.1, -0.05) is 12.1 Å². The summed E-state index contributed by atoms with van der Waals surface area (Å²) in [6, 6.07) is 7.21. The molecule has 0 radical (unpaired) electrons. The third kappa shape index (κ3) is 3.13. The maximum atomic E-state index is 12.2. The molecule has 1 fully saturated rings. The molecule has 7 nitrogen and oxygen atoms in total. The van der Waals surface area contributed by atoms with E-state index in [1.807, 2.05) is 18.2 Å². The lowest BCUT2D eigenvalue weighted by atomic mass is 10.1. The SMILES string of the molecule is NC(=O)[C@H]1CCN(C(=O)CCCn2c(=O)oc3ccccc32)C1. The van der Waals surface area contributed by atoms with Crippen LogP contribution in [-0.2, 0) is 16.1 Å². The van der Waals surface area contributed by atoms with Crippen molar-refractivity contribution in [3.05, 3.63) is 34.8 Å². The number of nitrogens with zero attached hydrogens (tertiary/aromatic N) is 2. The van der Waals surface area contributed by atoms with Crippen molar-refractivity contribution in [3.8, 4) is 0 Å². The van der Waals surface area contributed by atoms with E-state index in [1.165, 1.54) is 0 Å². The number of rotatable bonds is 5. The third-order valence-electron chi connectivity index (χ3n) is 4.29. The molecule has 1 atom stereocenters. The minimum absolute atomic E-state index is 0.00500. The lowest BCUT2D eigenvalue weighted by Gasteiger charge is -2.15. The predicted molar refractivity (Wildman–Crippen MR) is 83.6 cm³/mol. The van der Waals surface area contributed by atoms with Crippen LogP contribution < -0.4 is 11.5 Å². The molecule has 7 heteroatoms. The average Bonchev–Trinajstić information content (AvgIpc) is 3.12. The van der Waals surface area contributed by atoms with Gasteiger partial charge in [0.15, 0.2) is 5.58 Å². The summed E-state index contributed by atoms with van der Waals surface area (Å²) in [5, 5.41) is 0. The molecule has 0 saturated carbocycles. The quantitative estimate of drug-likeness (QED) is 0.878. The Labute approximate surface area is 132 Å². The van der Waals surface area contributed by atoms with Gasteiger partial charge < -0.3 is 15.1 Å². The topological polar surface area (TPSA) is 98.5 Å². The van der Waals surface area contributed by atoms with E-state index >= 15 is 0 Å². The van der Waals surface area contributed by atoms with E-state index in [9.17, 15) is 14.4 Å². The number of carbonyl (C=O) groups excluding carboxylic acids is 2. The standard InChI is InChI=1S/C16H19N3O4/c17-15(21)11-7-9-18(10-11)14(20)6-3-8-19-12-4-1-2-5-13(12)23-16(19)22/h1-2,4-5,11H,3,6-10H2,(H2,17,21)/t11-/m0/s1. The van der Waals surface area contributed by atoms with Crippen LogP contribution in [0.15, 0.2) is 33.5 Å². The van der Waals surface area contributed by atoms with Crippen LogP contribution in [-0.4, -0.2) is 34.4 Å². The Kier molecular flexibility index (Phi) is 4.18. The van der Waals surface area contributed by atoms with Crippen molar-refractivity contribution in [2.75, 3.05) is 13.1 Å². The van der Waals surface area contributed by atoms with Crippen molar-refractivity contribution >= 4 is 22.9 Å². The lowest BCUT2D eigenvalue weighted by molar-refractivity contribution is -0.130. The zero-order valence-corrected chi connectivity index (χ0v) is 12.7. The van der Waals surface area contributed by atoms with E-state index in [0.29, 0.717) is 44.5 Å². The number of likely N-dealkylation sites (tertiary alicyclic amines) is 1. The van der Waals surface area contributed by atoms with E-state index in [1.54, 1.807) is 15.5 Å². The first-order valence-corrected chi connectivity index (χ1v) is 7.71. The fourth-order valence-corrected chi connectivity index (χ4v) is 2.99. The molecule has 2 heterocycles. The zero-order chi connectivity index (χ0) is 16.4. The molecule has 1 aromatic heterocycles. The monoisotopic (exact) mass is 317 g/mol. The first kappa shape index (κ1) is 15.3. The summed E-state index contributed by atoms with van der Waals surface area (Å²) in [6.07, 6.45) is 1.50. The second kappa shape index (κ2) is 6.28. The Morgan fingerprint density at radius 3 is 2.83 bits per heavy atom. The van der Waals surface area contributed by atoms with E-state index in [2.05, 4.69) is 0 Å². The molecule has 2 amide bonds. The highest BCUT2D eigenvalue weighted by molar-refractivity contribution is 5.81. The van der Waals surface area contributed by atoms with Crippen LogP contribution in [0.5, 0.6) is 0 Å². The first-order chi connectivity index (χ1) is 11.1. The molecule has 0 bridgehead atoms. The van der Waals surface area contributed by atoms with Gasteiger partial charge in [-0.25, -0.2) is 4.79 Å². The summed E-state index contributed by atoms with van der Waals surface area (Å²) in [7, 11) is 0. The van der Waals surface area contributed by atoms with Crippen LogP contribution in [0.3, 0.4) is 0 Å². The Morgan fingerprint density at radius 1 is 1.30 bits per heavy atom. The fraction of sp³-hybridized carbons (Fsp3) is 0.438. The summed E-state index contributed by atoms with van der Waals surface area (Å²) in [4.78, 5) is 36.8. The Balaban J connectivity index is 1.57. The van der Waals surface area contributed by atoms with Gasteiger partial charge in [0.05, 0.1) is 11.4 Å². The van der Waals surface area contributed by atoms with Crippen LogP contribution in [0.4, 0.5) is 0 Å². The molecule has 0 spiro atoms. The number of primary amides is 1. The second-order valence-electron chi connectivity index (χ2n) is 5.82. The Morgan fingerprint density at radius 2 is 2.09 bits per heavy atom. The normalized spacial score (nSPS) is 17.7. The third-order valence-corrected chi connectivity index (χ3v) is 4.29. The van der Waals surface area contributed by atoms with Gasteiger partial charge in [-0.2, -0.15) is 0 Å². The van der Waals surface area contributed by atoms with Crippen LogP contribution in [0.2, 0.25) is 0 Å². The molecule has 0 aliphatic carbocycles. The highest BCUT2D eigenvalue weighted by Gasteiger charge is 2.29. The van der Waals surface area contributed by atoms with E-state index in [4.69, 9.17) is 10.2 Å². The molecular weight excluding hydrogens is 298 g/mol. The van der Waals surface area contributed by atoms with Crippen LogP contribution in [0.1, 0.15) is 19.3 Å². The molecule has 122 valence electrons. The number of nitrogens with two attached hydrogens (primary N) is 1. The van der Waals surface area contributed by atoms with Crippen LogP contribution in [0.25, 0.3) is 11.1 Å². The van der Waals surface area contributed by atoms with Crippen molar-refractivity contribution in [1.82, 2.24) is 9.47 Å². The molecule has 2 N–H and O–H groups in total. The summed E-state index contributed by atoms with van der Waals surface area (Å²) >= 11 is 0. The molecule has 23 heavy (non-hydrogen) atoms. The smallest absolute Gasteiger partial charge is 0.408 e. The summed E-state index contributed by atoms with van der Waals surface area (Å²) < 4.78 is 6.70. The number of carbonyl (C=O) groups is 2. The molecule has 1 aromatic carbocycles. The van der Waals surface area contributed by atoms with E-state index < -0.39 is 5.76 Å². The number of aromatic nitrogens is 1. The molecule has 1 aliphatic rings. The molecule has 1 aliphatic heterocycles. The number of benzene rings is 1. The van der Waals surface area contributed by atoms with Crippen molar-refractivity contribution < 1.29 is 14.0 Å². The van der Waals surface area contributed by atoms with Gasteiger partial charge in [-0.3, -0.25) is 14.2 Å². The molecular formula is C16H19N3O4. The minimum Gasteiger partial charge on any atom is -0.408 e. The largest absolute Gasteiger partial charge is 0.419 e. The van der Waals surface area contributed by atoms with Crippen LogP contribution >= 0.6 is 0 Å². The van der Waals surface area contributed by atoms with Crippen molar-refractivity contribution in [1.29, 1.82) is 0 Å². The van der Waals surface area contributed by atoms with E-state index in [0.717, 1.165) is 5.52 Å². The van der Waals surface area contributed by atoms with Gasteiger partial charge in [0, 0.05) is 26.1 Å². The summed E-state index contributed by atoms with van der Waals surface area (Å²) in [5.74, 6) is -1.00. The summed E-state index contributed by atoms with van der Waals surface area (Å²) in [5.41, 5.74) is 6.55. The van der Waals surface area contributed by atoms with Gasteiger partial charge >= 0.3 is 5.76 Å². The van der Waals surface area contributed by atoms with Gasteiger partial charge in [0.2, 0.25) is 11.8 Å². The fourth-order valence-electron chi connectivity index (χ4n) is 2.99. The highest BCUT2D eigenvalue weighted by atomic mass is 16.4. The Hall–Kier alpha value is -2.57. The number of hydrogen-bond donors (Lipinski definition) is 1. The minimum atomic E-state index is -0.409. The first-order valence-electron chi connectivity index (χ1n) is 7.71. The maximum absolute atomic E-state index is 12.2. The Bertz CT molecular complexity index is 792. The number of oxazole rings is 1. The second-order valence-corrected chi connectivity index (χ2v) is 5.82. The van der Waals surface area contributed by atoms with Crippen LogP contribution in [0, 0.1) is 5.92 Å². The molecule has 0 unspecified atom stereocenters. The molecule has 1 saturated heterocycles. The number of aryl methyl sites for hydroxylation is 1. The summed E-state index contributed by atoms with van der Waals surface area (Å²) in [6.45, 7) is 1.40. The molecule has 2 aromatic rings. The van der Waals surface area contributed by atoms with Crippen molar-refractivity contribution in [2.45, 2.75) is 25.8 Å². The maximum Gasteiger partial charge on any atom is 0.419 e. The predicted octanol–water partition coefficient (Wildman–Crippen LogP) is 0.708. The number of fused-ring (bicyclic) bond motifs is 1. The number of para-hydroxylation sites is 2. The number of hydrogen-bond acceptors (Lipinski definition) is 4. The average molecular weight is 317 g/mol. The van der Waals surface area contributed by atoms with Gasteiger partial charge in [-0.15, -0.1) is 0 Å². The zero-order valence-electron chi connectivity index (χ0n) is 12.7. The highest BCUT2D eigenvalue weighted by Crippen LogP contribution is 2.17. The van der Waals surface area contributed by atoms with E-state index in [-0.39, 0.29) is 17.7 Å².